The number of fused-ring (bicyclic) bond motifs is 1. The highest BCUT2D eigenvalue weighted by molar-refractivity contribution is 9.10. The molecular weight excluding hydrogens is 510 g/mol. The number of carbonyl (C=O) groups excluding carboxylic acids is 1. The molecule has 0 fully saturated rings. The van der Waals surface area contributed by atoms with Gasteiger partial charge in [0.1, 0.15) is 0 Å². The largest absolute Gasteiger partial charge is 0.347 e. The third-order valence-electron chi connectivity index (χ3n) is 6.50. The number of nitrogens with zero attached hydrogens (tertiary/aromatic N) is 2. The monoisotopic (exact) mass is 537 g/mol. The average molecular weight is 538 g/mol. The van der Waals surface area contributed by atoms with E-state index in [1.807, 2.05) is 48.5 Å². The molecule has 0 saturated carbocycles. The van der Waals surface area contributed by atoms with Crippen molar-refractivity contribution in [3.63, 3.8) is 0 Å². The first-order chi connectivity index (χ1) is 17.6. The number of nitrogens with one attached hydrogen (secondary N) is 1. The van der Waals surface area contributed by atoms with Gasteiger partial charge < -0.3 is 9.88 Å². The van der Waals surface area contributed by atoms with E-state index in [-0.39, 0.29) is 11.9 Å². The highest BCUT2D eigenvalue weighted by atomic mass is 79.9. The number of halogens is 1. The normalized spacial score (nSPS) is 11.9. The number of rotatable bonds is 8. The first kappa shape index (κ1) is 24.0. The fraction of sp³-hybridized carbons (Fsp3) is 0.161. The molecule has 1 atom stereocenters. The lowest BCUT2D eigenvalue weighted by Gasteiger charge is -2.21. The summed E-state index contributed by atoms with van der Waals surface area (Å²) in [7, 11) is 0. The Morgan fingerprint density at radius 1 is 0.944 bits per heavy atom. The van der Waals surface area contributed by atoms with Crippen LogP contribution in [0, 0.1) is 0 Å². The number of carbonyl (C=O) groups is 1. The van der Waals surface area contributed by atoms with Crippen molar-refractivity contribution in [2.24, 2.45) is 0 Å². The van der Waals surface area contributed by atoms with Gasteiger partial charge in [0, 0.05) is 39.9 Å². The predicted molar refractivity (Wildman–Crippen MR) is 150 cm³/mol. The Kier molecular flexibility index (Phi) is 7.28. The number of benzene rings is 3. The van der Waals surface area contributed by atoms with Gasteiger partial charge in [0.25, 0.3) is 0 Å². The van der Waals surface area contributed by atoms with Crippen LogP contribution in [0.3, 0.4) is 0 Å². The molecule has 1 amide bonds. The minimum absolute atomic E-state index is 0.0117. The van der Waals surface area contributed by atoms with E-state index < -0.39 is 0 Å². The maximum absolute atomic E-state index is 13.5. The SMILES string of the molecule is CCn1cc(CC(=O)N[C@@H](Cc2ccccc2)c2ncccc2-c2ccc(Br)cc2)c2ccccc21. The van der Waals surface area contributed by atoms with Crippen molar-refractivity contribution in [3.05, 3.63) is 125 Å². The van der Waals surface area contributed by atoms with E-state index in [2.05, 4.69) is 81.4 Å². The molecule has 5 heteroatoms. The van der Waals surface area contributed by atoms with Crippen LogP contribution >= 0.6 is 15.9 Å². The van der Waals surface area contributed by atoms with E-state index in [4.69, 9.17) is 4.98 Å². The Morgan fingerprint density at radius 3 is 2.47 bits per heavy atom. The third-order valence-corrected chi connectivity index (χ3v) is 7.03. The lowest BCUT2D eigenvalue weighted by atomic mass is 9.95. The van der Waals surface area contributed by atoms with Gasteiger partial charge in [0.05, 0.1) is 18.2 Å². The fourth-order valence-corrected chi connectivity index (χ4v) is 5.04. The number of aryl methyl sites for hydroxylation is 1. The molecule has 0 bridgehead atoms. The van der Waals surface area contributed by atoms with Crippen LogP contribution < -0.4 is 5.32 Å². The number of pyridine rings is 1. The lowest BCUT2D eigenvalue weighted by Crippen LogP contribution is -2.32. The van der Waals surface area contributed by atoms with Gasteiger partial charge in [-0.1, -0.05) is 82.7 Å². The average Bonchev–Trinajstić information content (AvgIpc) is 3.27. The van der Waals surface area contributed by atoms with Gasteiger partial charge >= 0.3 is 0 Å². The van der Waals surface area contributed by atoms with Gasteiger partial charge in [-0.3, -0.25) is 9.78 Å². The molecule has 36 heavy (non-hydrogen) atoms. The minimum atomic E-state index is -0.265. The molecule has 0 aliphatic heterocycles. The van der Waals surface area contributed by atoms with Crippen LogP contribution in [0.5, 0.6) is 0 Å². The van der Waals surface area contributed by atoms with Crippen LogP contribution in [0.2, 0.25) is 0 Å². The van der Waals surface area contributed by atoms with Crippen molar-refractivity contribution in [1.82, 2.24) is 14.9 Å². The molecule has 0 saturated heterocycles. The first-order valence-electron chi connectivity index (χ1n) is 12.2. The Bertz CT molecular complexity index is 1480. The first-order valence-corrected chi connectivity index (χ1v) is 13.0. The second-order valence-corrected chi connectivity index (χ2v) is 9.80. The second-order valence-electron chi connectivity index (χ2n) is 8.89. The van der Waals surface area contributed by atoms with Crippen LogP contribution in [0.25, 0.3) is 22.0 Å². The number of hydrogen-bond acceptors (Lipinski definition) is 2. The number of aromatic nitrogens is 2. The molecule has 1 N–H and O–H groups in total. The smallest absolute Gasteiger partial charge is 0.225 e. The predicted octanol–water partition coefficient (Wildman–Crippen LogP) is 7.13. The summed E-state index contributed by atoms with van der Waals surface area (Å²) in [5.74, 6) is -0.0117. The zero-order chi connectivity index (χ0) is 24.9. The van der Waals surface area contributed by atoms with Gasteiger partial charge in [-0.2, -0.15) is 0 Å². The van der Waals surface area contributed by atoms with Crippen molar-refractivity contribution in [1.29, 1.82) is 0 Å². The molecule has 0 aliphatic carbocycles. The Balaban J connectivity index is 1.47. The molecule has 3 aromatic carbocycles. The van der Waals surface area contributed by atoms with Crippen LogP contribution in [-0.4, -0.2) is 15.5 Å². The molecule has 0 radical (unpaired) electrons. The van der Waals surface area contributed by atoms with E-state index in [0.717, 1.165) is 49.9 Å². The number of amides is 1. The topological polar surface area (TPSA) is 46.9 Å². The Labute approximate surface area is 220 Å². The van der Waals surface area contributed by atoms with Crippen molar-refractivity contribution in [3.8, 4) is 11.1 Å². The highest BCUT2D eigenvalue weighted by Crippen LogP contribution is 2.30. The molecule has 5 aromatic rings. The summed E-state index contributed by atoms with van der Waals surface area (Å²) >= 11 is 3.52. The molecule has 0 unspecified atom stereocenters. The maximum atomic E-state index is 13.5. The molecule has 4 nitrogen and oxygen atoms in total. The molecule has 180 valence electrons. The maximum Gasteiger partial charge on any atom is 0.225 e. The fourth-order valence-electron chi connectivity index (χ4n) is 4.78. The molecule has 5 rings (SSSR count). The summed E-state index contributed by atoms with van der Waals surface area (Å²) in [6.45, 7) is 2.99. The van der Waals surface area contributed by atoms with Gasteiger partial charge in [-0.15, -0.1) is 0 Å². The van der Waals surface area contributed by atoms with Crippen LogP contribution in [0.1, 0.15) is 29.8 Å². The standard InChI is InChI=1S/C31H28BrN3O/c1-2-35-21-24(26-11-6-7-13-29(26)35)20-30(36)34-28(19-22-9-4-3-5-10-22)31-27(12-8-18-33-31)23-14-16-25(32)17-15-23/h3-18,21,28H,2,19-20H2,1H3,(H,34,36)/t28-/m0/s1. The summed E-state index contributed by atoms with van der Waals surface area (Å²) in [4.78, 5) is 18.2. The highest BCUT2D eigenvalue weighted by Gasteiger charge is 2.22. The summed E-state index contributed by atoms with van der Waals surface area (Å²) in [6, 6.07) is 30.5. The molecule has 0 spiro atoms. The van der Waals surface area contributed by atoms with Crippen molar-refractivity contribution in [2.45, 2.75) is 32.4 Å². The van der Waals surface area contributed by atoms with Gasteiger partial charge in [0.15, 0.2) is 0 Å². The molecule has 2 heterocycles. The summed E-state index contributed by atoms with van der Waals surface area (Å²) in [5, 5.41) is 4.45. The zero-order valence-corrected chi connectivity index (χ0v) is 21.8. The van der Waals surface area contributed by atoms with E-state index in [0.29, 0.717) is 12.8 Å². The van der Waals surface area contributed by atoms with Crippen molar-refractivity contribution < 1.29 is 4.79 Å². The van der Waals surface area contributed by atoms with Gasteiger partial charge in [-0.25, -0.2) is 0 Å². The Morgan fingerprint density at radius 2 is 1.69 bits per heavy atom. The third kappa shape index (κ3) is 5.26. The van der Waals surface area contributed by atoms with Crippen LogP contribution in [0.4, 0.5) is 0 Å². The van der Waals surface area contributed by atoms with Crippen molar-refractivity contribution >= 4 is 32.7 Å². The van der Waals surface area contributed by atoms with Gasteiger partial charge in [0.2, 0.25) is 5.91 Å². The minimum Gasteiger partial charge on any atom is -0.347 e. The van der Waals surface area contributed by atoms with E-state index in [1.165, 1.54) is 0 Å². The summed E-state index contributed by atoms with van der Waals surface area (Å²) in [6.07, 6.45) is 4.88. The molecule has 0 aliphatic rings. The van der Waals surface area contributed by atoms with Crippen molar-refractivity contribution in [2.75, 3.05) is 0 Å². The van der Waals surface area contributed by atoms with Gasteiger partial charge in [-0.05, 0) is 54.3 Å². The number of hydrogen-bond donors (Lipinski definition) is 1. The zero-order valence-electron chi connectivity index (χ0n) is 20.2. The summed E-state index contributed by atoms with van der Waals surface area (Å²) < 4.78 is 3.22. The van der Waals surface area contributed by atoms with E-state index in [9.17, 15) is 4.79 Å². The van der Waals surface area contributed by atoms with Crippen LogP contribution in [-0.2, 0) is 24.2 Å². The molecule has 2 aromatic heterocycles. The molecular formula is C31H28BrN3O. The lowest BCUT2D eigenvalue weighted by molar-refractivity contribution is -0.121. The Hall–Kier alpha value is -3.70. The quantitative estimate of drug-likeness (QED) is 0.229. The summed E-state index contributed by atoms with van der Waals surface area (Å²) in [5.41, 5.74) is 6.31. The second kappa shape index (κ2) is 10.9. The van der Waals surface area contributed by atoms with E-state index >= 15 is 0 Å². The van der Waals surface area contributed by atoms with E-state index in [1.54, 1.807) is 6.20 Å². The number of para-hydroxylation sites is 1. The van der Waals surface area contributed by atoms with Crippen LogP contribution in [0.15, 0.2) is 108 Å².